The number of aromatic nitrogens is 4. The molecule has 11 heteroatoms. The highest BCUT2D eigenvalue weighted by Crippen LogP contribution is 2.27. The van der Waals surface area contributed by atoms with Crippen LogP contribution in [0.25, 0.3) is 0 Å². The number of nitrogens with two attached hydrogens (primary N) is 2. The Bertz CT molecular complexity index is 923. The summed E-state index contributed by atoms with van der Waals surface area (Å²) in [5, 5.41) is 15.0. The number of hydrogen-bond acceptors (Lipinski definition) is 8. The number of hydrogen-bond donors (Lipinski definition) is 4. The van der Waals surface area contributed by atoms with Gasteiger partial charge in [0.1, 0.15) is 5.70 Å². The van der Waals surface area contributed by atoms with E-state index < -0.39 is 0 Å². The number of amides is 2. The second-order valence-electron chi connectivity index (χ2n) is 8.34. The van der Waals surface area contributed by atoms with Crippen molar-refractivity contribution in [2.45, 2.75) is 58.0 Å². The Hall–Kier alpha value is -3.47. The lowest BCUT2D eigenvalue weighted by Crippen LogP contribution is -2.33. The third kappa shape index (κ3) is 8.53. The average molecular weight is 456 g/mol. The zero-order valence-corrected chi connectivity index (χ0v) is 18.8. The van der Waals surface area contributed by atoms with Crippen LogP contribution in [0.2, 0.25) is 0 Å². The molecule has 2 aromatic rings. The van der Waals surface area contributed by atoms with Crippen LogP contribution in [0.1, 0.15) is 50.5 Å². The van der Waals surface area contributed by atoms with Crippen LogP contribution < -0.4 is 22.2 Å². The molecule has 0 saturated heterocycles. The minimum Gasteiger partial charge on any atom is -0.393 e. The van der Waals surface area contributed by atoms with Crippen molar-refractivity contribution in [3.63, 3.8) is 0 Å². The Morgan fingerprint density at radius 2 is 2.09 bits per heavy atom. The van der Waals surface area contributed by atoms with Crippen molar-refractivity contribution in [1.29, 1.82) is 0 Å². The highest BCUT2D eigenvalue weighted by atomic mass is 16.2. The van der Waals surface area contributed by atoms with Gasteiger partial charge in [-0.3, -0.25) is 19.3 Å². The summed E-state index contributed by atoms with van der Waals surface area (Å²) >= 11 is 0. The Labute approximate surface area is 193 Å². The normalized spacial score (nSPS) is 14.3. The molecule has 1 aliphatic rings. The van der Waals surface area contributed by atoms with E-state index in [1.165, 1.54) is 24.1 Å². The number of unbranched alkanes of at least 4 members (excludes halogenated alkanes) is 1. The molecule has 178 valence electrons. The summed E-state index contributed by atoms with van der Waals surface area (Å²) in [4.78, 5) is 28.2. The molecule has 0 aromatic carbocycles. The van der Waals surface area contributed by atoms with Crippen LogP contribution in [-0.4, -0.2) is 43.3 Å². The van der Waals surface area contributed by atoms with Gasteiger partial charge in [0.25, 0.3) is 5.91 Å². The van der Waals surface area contributed by atoms with E-state index in [4.69, 9.17) is 11.6 Å². The van der Waals surface area contributed by atoms with Crippen molar-refractivity contribution in [2.24, 2.45) is 17.5 Å². The number of hydrazine groups is 1. The first-order valence-corrected chi connectivity index (χ1v) is 11.4. The number of carbonyl (C=O) groups is 2. The first kappa shape index (κ1) is 24.2. The Kier molecular flexibility index (Phi) is 9.19. The largest absolute Gasteiger partial charge is 0.393 e. The number of nitrogens with zero attached hydrogens (tertiary/aromatic N) is 5. The number of nitrogens with one attached hydrogen (secondary N) is 2. The molecule has 2 aromatic heterocycles. The van der Waals surface area contributed by atoms with Crippen molar-refractivity contribution < 1.29 is 9.59 Å². The minimum absolute atomic E-state index is 0.00146. The van der Waals surface area contributed by atoms with E-state index in [1.807, 2.05) is 6.07 Å². The van der Waals surface area contributed by atoms with Crippen LogP contribution in [0.5, 0.6) is 0 Å². The predicted octanol–water partition coefficient (Wildman–Crippen LogP) is 1.26. The average Bonchev–Trinajstić information content (AvgIpc) is 3.47. The standard InChI is InChI=1S/C22H33N9O2/c23-19(22(33)26-14-18-8-5-9-25-13-18)15-30(24)10-3-4-11-31-16-20(28-29-31)27-21(32)12-17-6-1-2-7-17/h5,8-9,13,15-17H,1-4,6-7,10-12,14,23-24H2,(H,26,33)(H,27,32)/b19-15-. The molecule has 2 amide bonds. The van der Waals surface area contributed by atoms with E-state index in [0.29, 0.717) is 37.8 Å². The van der Waals surface area contributed by atoms with Gasteiger partial charge in [-0.05, 0) is 43.2 Å². The highest BCUT2D eigenvalue weighted by Gasteiger charge is 2.19. The zero-order chi connectivity index (χ0) is 23.5. The number of anilines is 1. The Morgan fingerprint density at radius 3 is 2.85 bits per heavy atom. The second kappa shape index (κ2) is 12.5. The summed E-state index contributed by atoms with van der Waals surface area (Å²) in [5.41, 5.74) is 6.75. The van der Waals surface area contributed by atoms with Gasteiger partial charge in [0.15, 0.2) is 5.82 Å². The van der Waals surface area contributed by atoms with Gasteiger partial charge < -0.3 is 21.4 Å². The minimum atomic E-state index is -0.389. The first-order chi connectivity index (χ1) is 16.0. The third-order valence-electron chi connectivity index (χ3n) is 5.55. The molecule has 0 radical (unpaired) electrons. The SMILES string of the molecule is N/C(=C\N(N)CCCCn1cc(NC(=O)CC2CCCC2)nn1)C(=O)NCc1cccnc1. The van der Waals surface area contributed by atoms with Gasteiger partial charge in [0.05, 0.1) is 6.20 Å². The van der Waals surface area contributed by atoms with Gasteiger partial charge in [-0.25, -0.2) is 5.84 Å². The Balaban J connectivity index is 1.31. The first-order valence-electron chi connectivity index (χ1n) is 11.4. The fraction of sp³-hybridized carbons (Fsp3) is 0.500. The van der Waals surface area contributed by atoms with Crippen molar-refractivity contribution in [3.05, 3.63) is 48.2 Å². The van der Waals surface area contributed by atoms with E-state index in [2.05, 4.69) is 25.9 Å². The van der Waals surface area contributed by atoms with E-state index in [1.54, 1.807) is 29.3 Å². The number of rotatable bonds is 12. The maximum absolute atomic E-state index is 12.1. The van der Waals surface area contributed by atoms with Crippen molar-refractivity contribution in [2.75, 3.05) is 11.9 Å². The molecule has 3 rings (SSSR count). The number of pyridine rings is 1. The molecule has 0 atom stereocenters. The molecule has 1 aliphatic carbocycles. The smallest absolute Gasteiger partial charge is 0.268 e. The van der Waals surface area contributed by atoms with Crippen LogP contribution in [0, 0.1) is 5.92 Å². The van der Waals surface area contributed by atoms with Crippen molar-refractivity contribution >= 4 is 17.6 Å². The van der Waals surface area contributed by atoms with Gasteiger partial charge in [-0.1, -0.05) is 24.1 Å². The molecule has 0 unspecified atom stereocenters. The molecule has 2 heterocycles. The Morgan fingerprint density at radius 1 is 1.27 bits per heavy atom. The summed E-state index contributed by atoms with van der Waals surface area (Å²) in [6.45, 7) is 1.51. The molecular weight excluding hydrogens is 422 g/mol. The molecule has 6 N–H and O–H groups in total. The zero-order valence-electron chi connectivity index (χ0n) is 18.8. The lowest BCUT2D eigenvalue weighted by Gasteiger charge is -2.14. The summed E-state index contributed by atoms with van der Waals surface area (Å²) in [5.74, 6) is 6.51. The quantitative estimate of drug-likeness (QED) is 0.161. The highest BCUT2D eigenvalue weighted by molar-refractivity contribution is 5.92. The maximum atomic E-state index is 12.1. The molecule has 1 fully saturated rings. The molecule has 0 aliphatic heterocycles. The van der Waals surface area contributed by atoms with Gasteiger partial charge in [-0.15, -0.1) is 5.10 Å². The lowest BCUT2D eigenvalue weighted by molar-refractivity contribution is -0.118. The number of carbonyl (C=O) groups excluding carboxylic acids is 2. The number of aryl methyl sites for hydroxylation is 1. The maximum Gasteiger partial charge on any atom is 0.268 e. The summed E-state index contributed by atoms with van der Waals surface area (Å²) in [7, 11) is 0. The van der Waals surface area contributed by atoms with Crippen LogP contribution in [-0.2, 0) is 22.7 Å². The monoisotopic (exact) mass is 455 g/mol. The van der Waals surface area contributed by atoms with Crippen LogP contribution in [0.4, 0.5) is 5.82 Å². The van der Waals surface area contributed by atoms with E-state index in [9.17, 15) is 9.59 Å². The van der Waals surface area contributed by atoms with E-state index in [-0.39, 0.29) is 17.5 Å². The van der Waals surface area contributed by atoms with Crippen LogP contribution in [0.3, 0.4) is 0 Å². The molecule has 0 spiro atoms. The summed E-state index contributed by atoms with van der Waals surface area (Å²) < 4.78 is 1.70. The van der Waals surface area contributed by atoms with E-state index in [0.717, 1.165) is 31.2 Å². The predicted molar refractivity (Wildman–Crippen MR) is 124 cm³/mol. The second-order valence-corrected chi connectivity index (χ2v) is 8.34. The van der Waals surface area contributed by atoms with Crippen molar-refractivity contribution in [3.8, 4) is 0 Å². The van der Waals surface area contributed by atoms with Gasteiger partial charge in [-0.2, -0.15) is 0 Å². The van der Waals surface area contributed by atoms with Gasteiger partial charge >= 0.3 is 0 Å². The summed E-state index contributed by atoms with van der Waals surface area (Å²) in [6.07, 6.45) is 13.3. The topological polar surface area (TPSA) is 157 Å². The molecule has 33 heavy (non-hydrogen) atoms. The van der Waals surface area contributed by atoms with Crippen molar-refractivity contribution in [1.82, 2.24) is 30.3 Å². The van der Waals surface area contributed by atoms with E-state index >= 15 is 0 Å². The fourth-order valence-electron chi connectivity index (χ4n) is 3.79. The van der Waals surface area contributed by atoms with Crippen LogP contribution in [0.15, 0.2) is 42.6 Å². The molecule has 11 nitrogen and oxygen atoms in total. The molecule has 0 bridgehead atoms. The van der Waals surface area contributed by atoms with Gasteiger partial charge in [0, 0.05) is 44.6 Å². The van der Waals surface area contributed by atoms with Gasteiger partial charge in [0.2, 0.25) is 5.91 Å². The molecular formula is C22H33N9O2. The third-order valence-corrected chi connectivity index (χ3v) is 5.55. The summed E-state index contributed by atoms with van der Waals surface area (Å²) in [6, 6.07) is 3.67. The molecule has 1 saturated carbocycles. The van der Waals surface area contributed by atoms with Crippen LogP contribution >= 0.6 is 0 Å². The fourth-order valence-corrected chi connectivity index (χ4v) is 3.79. The lowest BCUT2D eigenvalue weighted by atomic mass is 10.0.